The highest BCUT2D eigenvalue weighted by atomic mass is 79.9. The third-order valence-electron chi connectivity index (χ3n) is 2.41. The number of nitrogens with one attached hydrogen (secondary N) is 1. The molecule has 0 aliphatic rings. The van der Waals surface area contributed by atoms with Crippen LogP contribution in [0.15, 0.2) is 22.7 Å². The summed E-state index contributed by atoms with van der Waals surface area (Å²) in [7, 11) is 4.01. The molecule has 4 heteroatoms. The molecule has 1 aromatic rings. The van der Waals surface area contributed by atoms with Crippen LogP contribution in [-0.2, 0) is 0 Å². The molecule has 1 N–H and O–H groups in total. The van der Waals surface area contributed by atoms with Gasteiger partial charge >= 0.3 is 0 Å². The second kappa shape index (κ2) is 6.51. The van der Waals surface area contributed by atoms with Gasteiger partial charge in [0.05, 0.1) is 17.3 Å². The highest BCUT2D eigenvalue weighted by Crippen LogP contribution is 2.26. The van der Waals surface area contributed by atoms with Crippen molar-refractivity contribution in [2.45, 2.75) is 6.42 Å². The van der Waals surface area contributed by atoms with Crippen molar-refractivity contribution in [3.05, 3.63) is 28.2 Å². The maximum absolute atomic E-state index is 8.77. The maximum atomic E-state index is 8.77. The Bertz CT molecular complexity index is 384. The lowest BCUT2D eigenvalue weighted by Crippen LogP contribution is -2.22. The standard InChI is InChI=1S/C12H16BrN3/c1-15-6-3-7-16(2)12-5-4-10(9-14)8-11(12)13/h4-5,8,15H,3,6-7H2,1-2H3. The molecule has 0 fully saturated rings. The predicted octanol–water partition coefficient (Wildman–Crippen LogP) is 2.37. The predicted molar refractivity (Wildman–Crippen MR) is 70.7 cm³/mol. The number of nitrogens with zero attached hydrogens (tertiary/aromatic N) is 2. The molecule has 0 unspecified atom stereocenters. The van der Waals surface area contributed by atoms with E-state index in [1.54, 1.807) is 0 Å². The Morgan fingerprint density at radius 1 is 1.50 bits per heavy atom. The van der Waals surface area contributed by atoms with Crippen LogP contribution >= 0.6 is 15.9 Å². The first-order valence-electron chi connectivity index (χ1n) is 5.24. The molecular weight excluding hydrogens is 266 g/mol. The van der Waals surface area contributed by atoms with Gasteiger partial charge in [0.2, 0.25) is 0 Å². The molecule has 0 bridgehead atoms. The van der Waals surface area contributed by atoms with E-state index in [0.29, 0.717) is 5.56 Å². The van der Waals surface area contributed by atoms with E-state index in [9.17, 15) is 0 Å². The Kier molecular flexibility index (Phi) is 5.30. The van der Waals surface area contributed by atoms with Crippen LogP contribution in [0.1, 0.15) is 12.0 Å². The zero-order valence-electron chi connectivity index (χ0n) is 9.63. The zero-order chi connectivity index (χ0) is 12.0. The molecule has 0 aromatic heterocycles. The Morgan fingerprint density at radius 3 is 2.81 bits per heavy atom. The van der Waals surface area contributed by atoms with Crippen molar-refractivity contribution >= 4 is 21.6 Å². The fourth-order valence-corrected chi connectivity index (χ4v) is 2.18. The van der Waals surface area contributed by atoms with Gasteiger partial charge < -0.3 is 10.2 Å². The van der Waals surface area contributed by atoms with E-state index in [-0.39, 0.29) is 0 Å². The minimum Gasteiger partial charge on any atom is -0.374 e. The molecule has 1 aromatic carbocycles. The number of rotatable bonds is 5. The van der Waals surface area contributed by atoms with Crippen LogP contribution in [0.3, 0.4) is 0 Å². The number of hydrogen-bond donors (Lipinski definition) is 1. The first-order chi connectivity index (χ1) is 7.69. The van der Waals surface area contributed by atoms with E-state index in [4.69, 9.17) is 5.26 Å². The van der Waals surface area contributed by atoms with Crippen molar-refractivity contribution < 1.29 is 0 Å². The van der Waals surface area contributed by atoms with Gasteiger partial charge in [0, 0.05) is 18.1 Å². The van der Waals surface area contributed by atoms with Crippen LogP contribution in [0.2, 0.25) is 0 Å². The summed E-state index contributed by atoms with van der Waals surface area (Å²) in [6, 6.07) is 7.79. The highest BCUT2D eigenvalue weighted by Gasteiger charge is 2.05. The van der Waals surface area contributed by atoms with Crippen molar-refractivity contribution in [1.29, 1.82) is 5.26 Å². The maximum Gasteiger partial charge on any atom is 0.0992 e. The lowest BCUT2D eigenvalue weighted by molar-refractivity contribution is 0.712. The van der Waals surface area contributed by atoms with Crippen LogP contribution in [0, 0.1) is 11.3 Å². The van der Waals surface area contributed by atoms with Gasteiger partial charge in [-0.1, -0.05) is 0 Å². The van der Waals surface area contributed by atoms with E-state index in [1.165, 1.54) is 0 Å². The molecule has 86 valence electrons. The van der Waals surface area contributed by atoms with E-state index < -0.39 is 0 Å². The van der Waals surface area contributed by atoms with Crippen molar-refractivity contribution in [2.24, 2.45) is 0 Å². The minimum absolute atomic E-state index is 0.680. The fourth-order valence-electron chi connectivity index (χ4n) is 1.50. The normalized spacial score (nSPS) is 9.88. The third-order valence-corrected chi connectivity index (χ3v) is 3.04. The van der Waals surface area contributed by atoms with Gasteiger partial charge in [0.15, 0.2) is 0 Å². The summed E-state index contributed by atoms with van der Waals surface area (Å²) in [5.74, 6) is 0. The van der Waals surface area contributed by atoms with Gasteiger partial charge in [0.1, 0.15) is 0 Å². The van der Waals surface area contributed by atoms with Gasteiger partial charge in [-0.3, -0.25) is 0 Å². The molecule has 0 heterocycles. The molecule has 0 spiro atoms. The van der Waals surface area contributed by atoms with E-state index in [0.717, 1.165) is 29.7 Å². The number of halogens is 1. The third kappa shape index (κ3) is 3.51. The van der Waals surface area contributed by atoms with Crippen LogP contribution in [0.5, 0.6) is 0 Å². The summed E-state index contributed by atoms with van der Waals surface area (Å²) >= 11 is 3.49. The van der Waals surface area contributed by atoms with Crippen molar-refractivity contribution in [3.63, 3.8) is 0 Å². The van der Waals surface area contributed by atoms with E-state index >= 15 is 0 Å². The molecule has 0 amide bonds. The average molecular weight is 282 g/mol. The molecule has 0 aliphatic heterocycles. The minimum atomic E-state index is 0.680. The lowest BCUT2D eigenvalue weighted by atomic mass is 10.2. The van der Waals surface area contributed by atoms with Gasteiger partial charge in [0.25, 0.3) is 0 Å². The second-order valence-electron chi connectivity index (χ2n) is 3.66. The first kappa shape index (κ1) is 13.0. The first-order valence-corrected chi connectivity index (χ1v) is 6.03. The Labute approximate surface area is 105 Å². The van der Waals surface area contributed by atoms with Gasteiger partial charge in [-0.05, 0) is 54.1 Å². The van der Waals surface area contributed by atoms with Gasteiger partial charge in [-0.15, -0.1) is 0 Å². The molecule has 0 atom stereocenters. The summed E-state index contributed by atoms with van der Waals surface area (Å²) in [5, 5.41) is 11.9. The lowest BCUT2D eigenvalue weighted by Gasteiger charge is -2.20. The van der Waals surface area contributed by atoms with Gasteiger partial charge in [-0.2, -0.15) is 5.26 Å². The summed E-state index contributed by atoms with van der Waals surface area (Å²) in [6.07, 6.45) is 1.10. The molecule has 1 rings (SSSR count). The van der Waals surface area contributed by atoms with Crippen LogP contribution in [0.4, 0.5) is 5.69 Å². The molecule has 0 aliphatic carbocycles. The highest BCUT2D eigenvalue weighted by molar-refractivity contribution is 9.10. The Morgan fingerprint density at radius 2 is 2.25 bits per heavy atom. The number of nitriles is 1. The molecular formula is C12H16BrN3. The quantitative estimate of drug-likeness (QED) is 0.843. The van der Waals surface area contributed by atoms with Crippen molar-refractivity contribution in [2.75, 3.05) is 32.1 Å². The number of benzene rings is 1. The average Bonchev–Trinajstić information content (AvgIpc) is 2.29. The smallest absolute Gasteiger partial charge is 0.0992 e. The monoisotopic (exact) mass is 281 g/mol. The fraction of sp³-hybridized carbons (Fsp3) is 0.417. The SMILES string of the molecule is CNCCCN(C)c1ccc(C#N)cc1Br. The molecule has 0 saturated heterocycles. The molecule has 16 heavy (non-hydrogen) atoms. The summed E-state index contributed by atoms with van der Waals surface area (Å²) in [6.45, 7) is 2.00. The summed E-state index contributed by atoms with van der Waals surface area (Å²) in [5.41, 5.74) is 1.80. The Hall–Kier alpha value is -1.05. The molecule has 0 saturated carbocycles. The van der Waals surface area contributed by atoms with E-state index in [1.807, 2.05) is 25.2 Å². The summed E-state index contributed by atoms with van der Waals surface area (Å²) < 4.78 is 0.971. The van der Waals surface area contributed by atoms with E-state index in [2.05, 4.69) is 39.3 Å². The Balaban J connectivity index is 2.69. The summed E-state index contributed by atoms with van der Waals surface area (Å²) in [4.78, 5) is 2.18. The number of anilines is 1. The second-order valence-corrected chi connectivity index (χ2v) is 4.51. The topological polar surface area (TPSA) is 39.1 Å². The van der Waals surface area contributed by atoms with Crippen LogP contribution in [0.25, 0.3) is 0 Å². The zero-order valence-corrected chi connectivity index (χ0v) is 11.2. The largest absolute Gasteiger partial charge is 0.374 e. The molecule has 3 nitrogen and oxygen atoms in total. The molecule has 0 radical (unpaired) electrons. The van der Waals surface area contributed by atoms with Crippen molar-refractivity contribution in [3.8, 4) is 6.07 Å². The van der Waals surface area contributed by atoms with Gasteiger partial charge in [-0.25, -0.2) is 0 Å². The van der Waals surface area contributed by atoms with Crippen LogP contribution in [-0.4, -0.2) is 27.2 Å². The van der Waals surface area contributed by atoms with Crippen LogP contribution < -0.4 is 10.2 Å². The number of hydrogen-bond acceptors (Lipinski definition) is 3. The van der Waals surface area contributed by atoms with Crippen molar-refractivity contribution in [1.82, 2.24) is 5.32 Å².